The van der Waals surface area contributed by atoms with E-state index in [0.29, 0.717) is 6.54 Å². The molecule has 1 aliphatic rings. The van der Waals surface area contributed by atoms with E-state index in [9.17, 15) is 9.90 Å². The third-order valence-electron chi connectivity index (χ3n) is 4.08. The van der Waals surface area contributed by atoms with Crippen molar-refractivity contribution < 1.29 is 9.90 Å². The summed E-state index contributed by atoms with van der Waals surface area (Å²) in [5.74, 6) is 0.266. The lowest BCUT2D eigenvalue weighted by Gasteiger charge is -2.43. The van der Waals surface area contributed by atoms with Gasteiger partial charge in [-0.1, -0.05) is 6.07 Å². The summed E-state index contributed by atoms with van der Waals surface area (Å²) in [4.78, 5) is 14.0. The number of nitrogens with one attached hydrogen (secondary N) is 2. The third-order valence-corrected chi connectivity index (χ3v) is 4.08. The highest BCUT2D eigenvalue weighted by Crippen LogP contribution is 2.32. The van der Waals surface area contributed by atoms with Gasteiger partial charge < -0.3 is 20.6 Å². The number of phenols is 1. The molecule has 3 N–H and O–H groups in total. The van der Waals surface area contributed by atoms with Gasteiger partial charge in [-0.15, -0.1) is 0 Å². The van der Waals surface area contributed by atoms with Crippen LogP contribution in [0, 0.1) is 0 Å². The monoisotopic (exact) mass is 277 g/mol. The van der Waals surface area contributed by atoms with Crippen molar-refractivity contribution in [1.29, 1.82) is 0 Å². The first-order valence-corrected chi connectivity index (χ1v) is 6.94. The average Bonchev–Trinajstić information content (AvgIpc) is 2.41. The summed E-state index contributed by atoms with van der Waals surface area (Å²) in [5.41, 5.74) is 1.12. The Morgan fingerprint density at radius 3 is 2.75 bits per heavy atom. The van der Waals surface area contributed by atoms with Crippen molar-refractivity contribution in [2.24, 2.45) is 0 Å². The first-order chi connectivity index (χ1) is 9.37. The summed E-state index contributed by atoms with van der Waals surface area (Å²) < 4.78 is 0. The molecule has 1 aromatic carbocycles. The lowest BCUT2D eigenvalue weighted by molar-refractivity contribution is -0.126. The third kappa shape index (κ3) is 2.45. The molecule has 1 heterocycles. The second-order valence-electron chi connectivity index (χ2n) is 5.72. The van der Waals surface area contributed by atoms with Crippen LogP contribution in [-0.4, -0.2) is 36.7 Å². The second-order valence-corrected chi connectivity index (χ2v) is 5.72. The molecule has 1 amide bonds. The summed E-state index contributed by atoms with van der Waals surface area (Å²) in [6.45, 7) is 7.13. The molecule has 0 aliphatic carbocycles. The molecule has 0 aromatic heterocycles. The summed E-state index contributed by atoms with van der Waals surface area (Å²) in [7, 11) is 1.86. The molecule has 1 unspecified atom stereocenters. The number of amides is 1. The molecular formula is C15H23N3O2. The van der Waals surface area contributed by atoms with Crippen LogP contribution in [0.4, 0.5) is 5.69 Å². The topological polar surface area (TPSA) is 64.6 Å². The second kappa shape index (κ2) is 5.32. The van der Waals surface area contributed by atoms with Crippen molar-refractivity contribution in [1.82, 2.24) is 10.6 Å². The molecule has 0 radical (unpaired) electrons. The van der Waals surface area contributed by atoms with Crippen LogP contribution < -0.4 is 15.5 Å². The number of phenolic OH excluding ortho intramolecular Hbond substituents is 1. The molecule has 110 valence electrons. The van der Waals surface area contributed by atoms with Gasteiger partial charge >= 0.3 is 0 Å². The van der Waals surface area contributed by atoms with E-state index in [1.807, 2.05) is 44.9 Å². The molecule has 0 spiro atoms. The molecule has 5 heteroatoms. The maximum Gasteiger partial charge on any atom is 0.245 e. The molecule has 1 fully saturated rings. The van der Waals surface area contributed by atoms with Crippen LogP contribution in [0.25, 0.3) is 0 Å². The van der Waals surface area contributed by atoms with E-state index in [4.69, 9.17) is 0 Å². The van der Waals surface area contributed by atoms with Crippen LogP contribution in [0.1, 0.15) is 32.4 Å². The summed E-state index contributed by atoms with van der Waals surface area (Å²) in [6, 6.07) is 5.70. The quantitative estimate of drug-likeness (QED) is 0.781. The van der Waals surface area contributed by atoms with E-state index in [1.165, 1.54) is 0 Å². The minimum atomic E-state index is -0.610. The number of nitrogens with zero attached hydrogens (tertiary/aromatic N) is 1. The van der Waals surface area contributed by atoms with E-state index in [-0.39, 0.29) is 17.7 Å². The lowest BCUT2D eigenvalue weighted by atomic mass is 9.97. The van der Waals surface area contributed by atoms with E-state index in [0.717, 1.165) is 17.8 Å². The van der Waals surface area contributed by atoms with Gasteiger partial charge in [-0.3, -0.25) is 4.79 Å². The number of anilines is 1. The molecule has 1 aromatic rings. The number of piperazine rings is 1. The van der Waals surface area contributed by atoms with Gasteiger partial charge in [0.05, 0.1) is 0 Å². The number of aromatic hydroxyl groups is 1. The normalized spacial score (nSPS) is 19.6. The van der Waals surface area contributed by atoms with Gasteiger partial charge in [-0.25, -0.2) is 0 Å². The number of benzene rings is 1. The van der Waals surface area contributed by atoms with Crippen molar-refractivity contribution >= 4 is 11.6 Å². The Hall–Kier alpha value is -1.75. The zero-order chi connectivity index (χ0) is 14.9. The van der Waals surface area contributed by atoms with E-state index >= 15 is 0 Å². The van der Waals surface area contributed by atoms with Gasteiger partial charge in [-0.05, 0) is 33.9 Å². The molecule has 0 bridgehead atoms. The smallest absolute Gasteiger partial charge is 0.245 e. The molecule has 1 aliphatic heterocycles. The van der Waals surface area contributed by atoms with Gasteiger partial charge in [0.15, 0.2) is 0 Å². The molecule has 5 nitrogen and oxygen atoms in total. The predicted molar refractivity (Wildman–Crippen MR) is 80.0 cm³/mol. The van der Waals surface area contributed by atoms with Crippen LogP contribution in [0.5, 0.6) is 5.75 Å². The maximum atomic E-state index is 12.0. The van der Waals surface area contributed by atoms with Crippen LogP contribution in [0.3, 0.4) is 0 Å². The van der Waals surface area contributed by atoms with Crippen LogP contribution >= 0.6 is 0 Å². The highest BCUT2D eigenvalue weighted by atomic mass is 16.3. The lowest BCUT2D eigenvalue weighted by Crippen LogP contribution is -2.62. The van der Waals surface area contributed by atoms with Crippen molar-refractivity contribution in [3.8, 4) is 5.75 Å². The Balaban J connectivity index is 2.34. The highest BCUT2D eigenvalue weighted by Gasteiger charge is 2.37. The number of hydrogen-bond acceptors (Lipinski definition) is 4. The van der Waals surface area contributed by atoms with Crippen LogP contribution in [-0.2, 0) is 4.79 Å². The zero-order valence-electron chi connectivity index (χ0n) is 12.5. The first kappa shape index (κ1) is 14.7. The van der Waals surface area contributed by atoms with E-state index in [2.05, 4.69) is 10.6 Å². The largest absolute Gasteiger partial charge is 0.508 e. The van der Waals surface area contributed by atoms with E-state index < -0.39 is 5.54 Å². The average molecular weight is 277 g/mol. The fourth-order valence-corrected chi connectivity index (χ4v) is 2.57. The summed E-state index contributed by atoms with van der Waals surface area (Å²) in [5, 5.41) is 16.2. The SMILES string of the molecule is CNC(C)c1ccc(N2CCNC(=O)C2(C)C)cc1O. The maximum absolute atomic E-state index is 12.0. The number of hydrogen-bond donors (Lipinski definition) is 3. The van der Waals surface area contributed by atoms with Crippen molar-refractivity contribution in [3.63, 3.8) is 0 Å². The van der Waals surface area contributed by atoms with Crippen LogP contribution in [0.2, 0.25) is 0 Å². The van der Waals surface area contributed by atoms with Crippen molar-refractivity contribution in [3.05, 3.63) is 23.8 Å². The van der Waals surface area contributed by atoms with Crippen molar-refractivity contribution in [2.45, 2.75) is 32.4 Å². The van der Waals surface area contributed by atoms with Gasteiger partial charge in [-0.2, -0.15) is 0 Å². The Morgan fingerprint density at radius 2 is 2.15 bits per heavy atom. The number of carbonyl (C=O) groups excluding carboxylic acids is 1. The fraction of sp³-hybridized carbons (Fsp3) is 0.533. The van der Waals surface area contributed by atoms with E-state index in [1.54, 1.807) is 6.07 Å². The fourth-order valence-electron chi connectivity index (χ4n) is 2.57. The van der Waals surface area contributed by atoms with Gasteiger partial charge in [0.2, 0.25) is 5.91 Å². The molecule has 1 atom stereocenters. The number of rotatable bonds is 3. The van der Waals surface area contributed by atoms with Crippen LogP contribution in [0.15, 0.2) is 18.2 Å². The predicted octanol–water partition coefficient (Wildman–Crippen LogP) is 1.39. The molecule has 0 saturated carbocycles. The molecule has 20 heavy (non-hydrogen) atoms. The van der Waals surface area contributed by atoms with Crippen molar-refractivity contribution in [2.75, 3.05) is 25.0 Å². The van der Waals surface area contributed by atoms with Gasteiger partial charge in [0.25, 0.3) is 0 Å². The minimum absolute atomic E-state index is 0.0101. The Labute approximate surface area is 120 Å². The molecule has 1 saturated heterocycles. The Kier molecular flexibility index (Phi) is 3.90. The zero-order valence-corrected chi connectivity index (χ0v) is 12.5. The molecule has 2 rings (SSSR count). The van der Waals surface area contributed by atoms with Gasteiger partial charge in [0.1, 0.15) is 11.3 Å². The molecular weight excluding hydrogens is 254 g/mol. The first-order valence-electron chi connectivity index (χ1n) is 6.94. The summed E-state index contributed by atoms with van der Waals surface area (Å²) in [6.07, 6.45) is 0. The number of carbonyl (C=O) groups is 1. The Morgan fingerprint density at radius 1 is 1.45 bits per heavy atom. The van der Waals surface area contributed by atoms with Gasteiger partial charge in [0, 0.05) is 36.4 Å². The standard InChI is InChI=1S/C15H23N3O2/c1-10(16-4)12-6-5-11(9-13(12)19)18-8-7-17-14(20)15(18,2)3/h5-6,9-10,16,19H,7-8H2,1-4H3,(H,17,20). The minimum Gasteiger partial charge on any atom is -0.508 e. The highest BCUT2D eigenvalue weighted by molar-refractivity contribution is 5.90. The Bertz CT molecular complexity index is 514. The summed E-state index contributed by atoms with van der Waals surface area (Å²) >= 11 is 0.